The highest BCUT2D eigenvalue weighted by atomic mass is 79.9. The summed E-state index contributed by atoms with van der Waals surface area (Å²) >= 11 is 15.5. The Bertz CT molecular complexity index is 566. The van der Waals surface area contributed by atoms with Gasteiger partial charge in [0, 0.05) is 11.0 Å². The average molecular weight is 361 g/mol. The number of ether oxygens (including phenoxy) is 1. The van der Waals surface area contributed by atoms with Crippen molar-refractivity contribution in [2.45, 2.75) is 13.2 Å². The summed E-state index contributed by atoms with van der Waals surface area (Å²) in [6, 6.07) is 11.3. The molecule has 0 amide bonds. The van der Waals surface area contributed by atoms with Crippen molar-refractivity contribution in [3.63, 3.8) is 0 Å². The summed E-state index contributed by atoms with van der Waals surface area (Å²) in [5, 5.41) is 0.953. The second-order valence-electron chi connectivity index (χ2n) is 3.96. The van der Waals surface area contributed by atoms with E-state index in [2.05, 4.69) is 15.9 Å². The second-order valence-corrected chi connectivity index (χ2v) is 5.69. The van der Waals surface area contributed by atoms with E-state index in [0.717, 1.165) is 15.6 Å². The number of nitrogens with two attached hydrogens (primary N) is 1. The molecule has 19 heavy (non-hydrogen) atoms. The van der Waals surface area contributed by atoms with Gasteiger partial charge in [-0.3, -0.25) is 0 Å². The molecule has 0 aromatic heterocycles. The summed E-state index contributed by atoms with van der Waals surface area (Å²) in [6.45, 7) is 0.857. The van der Waals surface area contributed by atoms with E-state index >= 15 is 0 Å². The number of halogens is 3. The van der Waals surface area contributed by atoms with E-state index in [1.54, 1.807) is 12.1 Å². The number of benzene rings is 2. The zero-order chi connectivity index (χ0) is 13.8. The van der Waals surface area contributed by atoms with Crippen LogP contribution in [0.3, 0.4) is 0 Å². The van der Waals surface area contributed by atoms with E-state index < -0.39 is 0 Å². The van der Waals surface area contributed by atoms with Gasteiger partial charge in [-0.2, -0.15) is 0 Å². The van der Waals surface area contributed by atoms with Crippen LogP contribution in [0, 0.1) is 0 Å². The fourth-order valence-electron chi connectivity index (χ4n) is 1.71. The standard InChI is InChI=1S/C14H12BrCl2NO/c15-11-5-12(16)14(13(17)6-11)19-8-10-4-2-1-3-9(10)7-18/h1-6H,7-8,18H2. The highest BCUT2D eigenvalue weighted by Gasteiger charge is 2.10. The van der Waals surface area contributed by atoms with Gasteiger partial charge in [-0.15, -0.1) is 0 Å². The molecule has 0 bridgehead atoms. The largest absolute Gasteiger partial charge is 0.486 e. The highest BCUT2D eigenvalue weighted by Crippen LogP contribution is 2.36. The van der Waals surface area contributed by atoms with E-state index in [9.17, 15) is 0 Å². The lowest BCUT2D eigenvalue weighted by Crippen LogP contribution is -2.04. The van der Waals surface area contributed by atoms with E-state index in [0.29, 0.717) is 28.9 Å². The summed E-state index contributed by atoms with van der Waals surface area (Å²) in [7, 11) is 0. The van der Waals surface area contributed by atoms with Crippen molar-refractivity contribution in [2.75, 3.05) is 0 Å². The van der Waals surface area contributed by atoms with E-state index in [-0.39, 0.29) is 0 Å². The zero-order valence-corrected chi connectivity index (χ0v) is 13.1. The molecule has 0 atom stereocenters. The minimum absolute atomic E-state index is 0.383. The lowest BCUT2D eigenvalue weighted by atomic mass is 10.1. The van der Waals surface area contributed by atoms with Gasteiger partial charge >= 0.3 is 0 Å². The fraction of sp³-hybridized carbons (Fsp3) is 0.143. The van der Waals surface area contributed by atoms with Crippen molar-refractivity contribution in [1.29, 1.82) is 0 Å². The normalized spacial score (nSPS) is 10.5. The molecule has 2 nitrogen and oxygen atoms in total. The van der Waals surface area contributed by atoms with Crippen LogP contribution >= 0.6 is 39.1 Å². The lowest BCUT2D eigenvalue weighted by Gasteiger charge is -2.12. The number of rotatable bonds is 4. The molecule has 2 aromatic rings. The molecule has 0 aliphatic carbocycles. The van der Waals surface area contributed by atoms with Crippen molar-refractivity contribution in [1.82, 2.24) is 0 Å². The molecule has 5 heteroatoms. The average Bonchev–Trinajstić information content (AvgIpc) is 2.38. The number of hydrogen-bond donors (Lipinski definition) is 1. The Kier molecular flexibility index (Phi) is 5.11. The molecule has 0 unspecified atom stereocenters. The molecule has 2 N–H and O–H groups in total. The quantitative estimate of drug-likeness (QED) is 0.850. The molecule has 0 saturated carbocycles. The first-order valence-electron chi connectivity index (χ1n) is 5.66. The Balaban J connectivity index is 2.19. The molecule has 0 aliphatic heterocycles. The Morgan fingerprint density at radius 3 is 2.21 bits per heavy atom. The van der Waals surface area contributed by atoms with E-state index in [4.69, 9.17) is 33.7 Å². The fourth-order valence-corrected chi connectivity index (χ4v) is 3.03. The molecule has 2 aromatic carbocycles. The van der Waals surface area contributed by atoms with Crippen LogP contribution in [-0.4, -0.2) is 0 Å². The summed E-state index contributed by atoms with van der Waals surface area (Å²) in [5.41, 5.74) is 7.76. The summed E-state index contributed by atoms with van der Waals surface area (Å²) < 4.78 is 6.53. The highest BCUT2D eigenvalue weighted by molar-refractivity contribution is 9.10. The molecule has 0 radical (unpaired) electrons. The summed E-state index contributed by atoms with van der Waals surface area (Å²) in [6.07, 6.45) is 0. The Labute approximate surface area is 130 Å². The second kappa shape index (κ2) is 6.62. The van der Waals surface area contributed by atoms with Crippen LogP contribution < -0.4 is 10.5 Å². The molecule has 0 aliphatic rings. The maximum Gasteiger partial charge on any atom is 0.157 e. The van der Waals surface area contributed by atoms with Gasteiger partial charge in [0.15, 0.2) is 5.75 Å². The van der Waals surface area contributed by atoms with Crippen LogP contribution in [0.2, 0.25) is 10.0 Å². The molecule has 2 rings (SSSR count). The van der Waals surface area contributed by atoms with Gasteiger partial charge in [0.05, 0.1) is 10.0 Å². The summed E-state index contributed by atoms with van der Waals surface area (Å²) in [4.78, 5) is 0. The van der Waals surface area contributed by atoms with Gasteiger partial charge in [0.25, 0.3) is 0 Å². The first-order chi connectivity index (χ1) is 9.11. The Morgan fingerprint density at radius 1 is 1.05 bits per heavy atom. The minimum atomic E-state index is 0.383. The summed E-state index contributed by atoms with van der Waals surface area (Å²) in [5.74, 6) is 0.485. The topological polar surface area (TPSA) is 35.2 Å². The Morgan fingerprint density at radius 2 is 1.63 bits per heavy atom. The van der Waals surface area contributed by atoms with Crippen LogP contribution in [0.4, 0.5) is 0 Å². The van der Waals surface area contributed by atoms with Crippen molar-refractivity contribution >= 4 is 39.1 Å². The molecule has 0 heterocycles. The number of hydrogen-bond acceptors (Lipinski definition) is 2. The van der Waals surface area contributed by atoms with Crippen molar-refractivity contribution < 1.29 is 4.74 Å². The van der Waals surface area contributed by atoms with Gasteiger partial charge in [-0.05, 0) is 23.3 Å². The van der Waals surface area contributed by atoms with Crippen LogP contribution in [-0.2, 0) is 13.2 Å². The molecule has 100 valence electrons. The van der Waals surface area contributed by atoms with Crippen LogP contribution in [0.15, 0.2) is 40.9 Å². The van der Waals surface area contributed by atoms with Crippen molar-refractivity contribution in [3.05, 3.63) is 62.0 Å². The predicted octanol–water partition coefficient (Wildman–Crippen LogP) is 4.79. The van der Waals surface area contributed by atoms with Crippen LogP contribution in [0.5, 0.6) is 5.75 Å². The van der Waals surface area contributed by atoms with Gasteiger partial charge in [-0.1, -0.05) is 63.4 Å². The zero-order valence-electron chi connectivity index (χ0n) is 10.00. The van der Waals surface area contributed by atoms with Crippen LogP contribution in [0.25, 0.3) is 0 Å². The third-order valence-corrected chi connectivity index (χ3v) is 3.69. The molecule has 0 saturated heterocycles. The Hall–Kier alpha value is -0.740. The van der Waals surface area contributed by atoms with E-state index in [1.807, 2.05) is 24.3 Å². The maximum atomic E-state index is 6.11. The van der Waals surface area contributed by atoms with E-state index in [1.165, 1.54) is 0 Å². The first-order valence-corrected chi connectivity index (χ1v) is 7.21. The van der Waals surface area contributed by atoms with Gasteiger partial charge in [-0.25, -0.2) is 0 Å². The van der Waals surface area contributed by atoms with Crippen molar-refractivity contribution in [2.24, 2.45) is 5.73 Å². The maximum absolute atomic E-state index is 6.11. The third-order valence-electron chi connectivity index (χ3n) is 2.67. The monoisotopic (exact) mass is 359 g/mol. The predicted molar refractivity (Wildman–Crippen MR) is 82.8 cm³/mol. The minimum Gasteiger partial charge on any atom is -0.486 e. The molecule has 0 fully saturated rings. The molecular weight excluding hydrogens is 349 g/mol. The third kappa shape index (κ3) is 3.63. The SMILES string of the molecule is NCc1ccccc1COc1c(Cl)cc(Br)cc1Cl. The van der Waals surface area contributed by atoms with Gasteiger partial charge in [0.1, 0.15) is 6.61 Å². The first kappa shape index (κ1) is 14.7. The lowest BCUT2D eigenvalue weighted by molar-refractivity contribution is 0.305. The van der Waals surface area contributed by atoms with Gasteiger partial charge < -0.3 is 10.5 Å². The van der Waals surface area contributed by atoms with Crippen LogP contribution in [0.1, 0.15) is 11.1 Å². The molecule has 0 spiro atoms. The van der Waals surface area contributed by atoms with Crippen molar-refractivity contribution in [3.8, 4) is 5.75 Å². The molecular formula is C14H12BrCl2NO. The smallest absolute Gasteiger partial charge is 0.157 e. The van der Waals surface area contributed by atoms with Gasteiger partial charge in [0.2, 0.25) is 0 Å².